The van der Waals surface area contributed by atoms with Gasteiger partial charge in [0.1, 0.15) is 10.1 Å². The van der Waals surface area contributed by atoms with Crippen molar-refractivity contribution in [2.45, 2.75) is 6.92 Å². The number of rotatable bonds is 4. The Morgan fingerprint density at radius 1 is 1.21 bits per heavy atom. The molecule has 2 aromatic rings. The van der Waals surface area contributed by atoms with Gasteiger partial charge in [0.25, 0.3) is 5.91 Å². The van der Waals surface area contributed by atoms with E-state index in [0.717, 1.165) is 24.5 Å². The van der Waals surface area contributed by atoms with E-state index in [0.29, 0.717) is 33.9 Å². The number of benzene rings is 1. The number of para-hydroxylation sites is 2. The Morgan fingerprint density at radius 2 is 1.92 bits per heavy atom. The van der Waals surface area contributed by atoms with Gasteiger partial charge in [-0.25, -0.2) is 0 Å². The molecule has 0 unspecified atom stereocenters. The molecule has 0 saturated carbocycles. The van der Waals surface area contributed by atoms with Gasteiger partial charge in [0.05, 0.1) is 22.2 Å². The van der Waals surface area contributed by atoms with Crippen molar-refractivity contribution in [3.63, 3.8) is 0 Å². The summed E-state index contributed by atoms with van der Waals surface area (Å²) >= 11 is 13.3. The Balaban J connectivity index is 1.68. The van der Waals surface area contributed by atoms with Gasteiger partial charge in [-0.05, 0) is 25.1 Å². The normalized spacial score (nSPS) is 14.8. The minimum absolute atomic E-state index is 0.0547. The number of nitrogens with zero attached hydrogens (tertiary/aromatic N) is 2. The molecule has 1 aromatic carbocycles. The number of hydrogen-bond donors (Lipinski definition) is 0. The first-order valence-electron chi connectivity index (χ1n) is 7.81. The molecular formula is C17H18Cl2N2O2S. The Bertz CT molecular complexity index is 727. The molecule has 1 aliphatic rings. The van der Waals surface area contributed by atoms with Crippen LogP contribution in [0.3, 0.4) is 0 Å². The lowest BCUT2D eigenvalue weighted by atomic mass is 10.2. The summed E-state index contributed by atoms with van der Waals surface area (Å²) in [6.07, 6.45) is 0. The summed E-state index contributed by atoms with van der Waals surface area (Å²) in [5, 5.41) is 0. The highest BCUT2D eigenvalue weighted by atomic mass is 35.5. The van der Waals surface area contributed by atoms with Crippen LogP contribution in [0.5, 0.6) is 5.75 Å². The van der Waals surface area contributed by atoms with Crippen molar-refractivity contribution in [1.82, 2.24) is 4.90 Å². The number of hydrogen-bond acceptors (Lipinski definition) is 4. The fraction of sp³-hybridized carbons (Fsp3) is 0.353. The van der Waals surface area contributed by atoms with E-state index >= 15 is 0 Å². The molecule has 2 heterocycles. The van der Waals surface area contributed by atoms with Crippen molar-refractivity contribution in [1.29, 1.82) is 0 Å². The summed E-state index contributed by atoms with van der Waals surface area (Å²) in [5.74, 6) is 0.827. The van der Waals surface area contributed by atoms with E-state index in [1.807, 2.05) is 30.0 Å². The van der Waals surface area contributed by atoms with Crippen LogP contribution in [-0.2, 0) is 0 Å². The standard InChI is InChI=1S/C17H18Cl2N2O2S/c1-2-23-14-6-4-3-5-13(14)20-7-9-21(10-8-20)17(22)12-11-15(18)24-16(12)19/h3-6,11H,2,7-10H2,1H3. The van der Waals surface area contributed by atoms with Gasteiger partial charge in [-0.3, -0.25) is 4.79 Å². The van der Waals surface area contributed by atoms with Gasteiger partial charge in [-0.15, -0.1) is 11.3 Å². The summed E-state index contributed by atoms with van der Waals surface area (Å²) < 4.78 is 6.69. The molecule has 0 aliphatic carbocycles. The topological polar surface area (TPSA) is 32.8 Å². The molecule has 128 valence electrons. The molecule has 1 saturated heterocycles. The molecule has 1 aromatic heterocycles. The lowest BCUT2D eigenvalue weighted by Crippen LogP contribution is -2.48. The van der Waals surface area contributed by atoms with Crippen LogP contribution in [0.2, 0.25) is 8.67 Å². The minimum atomic E-state index is -0.0547. The number of anilines is 1. The van der Waals surface area contributed by atoms with Crippen LogP contribution >= 0.6 is 34.5 Å². The van der Waals surface area contributed by atoms with Crippen molar-refractivity contribution in [3.05, 3.63) is 44.6 Å². The molecular weight excluding hydrogens is 367 g/mol. The van der Waals surface area contributed by atoms with E-state index < -0.39 is 0 Å². The zero-order valence-electron chi connectivity index (χ0n) is 13.3. The molecule has 1 amide bonds. The first-order chi connectivity index (χ1) is 11.6. The molecule has 3 rings (SSSR count). The quantitative estimate of drug-likeness (QED) is 0.781. The predicted molar refractivity (Wildman–Crippen MR) is 100 cm³/mol. The van der Waals surface area contributed by atoms with Gasteiger partial charge in [0, 0.05) is 26.2 Å². The molecule has 1 aliphatic heterocycles. The second-order valence-electron chi connectivity index (χ2n) is 5.42. The van der Waals surface area contributed by atoms with Crippen molar-refractivity contribution >= 4 is 46.1 Å². The smallest absolute Gasteiger partial charge is 0.256 e. The first-order valence-corrected chi connectivity index (χ1v) is 9.38. The first kappa shape index (κ1) is 17.4. The third-order valence-corrected chi connectivity index (χ3v) is 5.45. The van der Waals surface area contributed by atoms with Crippen LogP contribution < -0.4 is 9.64 Å². The van der Waals surface area contributed by atoms with Crippen LogP contribution in [0.25, 0.3) is 0 Å². The van der Waals surface area contributed by atoms with Crippen molar-refractivity contribution < 1.29 is 9.53 Å². The van der Waals surface area contributed by atoms with E-state index in [2.05, 4.69) is 11.0 Å². The Labute approximate surface area is 155 Å². The summed E-state index contributed by atoms with van der Waals surface area (Å²) in [6, 6.07) is 9.65. The monoisotopic (exact) mass is 384 g/mol. The maximum absolute atomic E-state index is 12.6. The molecule has 7 heteroatoms. The second kappa shape index (κ2) is 7.64. The van der Waals surface area contributed by atoms with Crippen molar-refractivity contribution in [3.8, 4) is 5.75 Å². The second-order valence-corrected chi connectivity index (χ2v) is 7.70. The van der Waals surface area contributed by atoms with E-state index in [-0.39, 0.29) is 5.91 Å². The Hall–Kier alpha value is -1.43. The van der Waals surface area contributed by atoms with Crippen LogP contribution in [0.1, 0.15) is 17.3 Å². The summed E-state index contributed by atoms with van der Waals surface area (Å²) in [5.41, 5.74) is 1.57. The largest absolute Gasteiger partial charge is 0.492 e. The fourth-order valence-electron chi connectivity index (χ4n) is 2.80. The number of carbonyl (C=O) groups is 1. The summed E-state index contributed by atoms with van der Waals surface area (Å²) in [4.78, 5) is 16.7. The highest BCUT2D eigenvalue weighted by molar-refractivity contribution is 7.20. The molecule has 0 N–H and O–H groups in total. The molecule has 1 fully saturated rings. The van der Waals surface area contributed by atoms with E-state index in [1.165, 1.54) is 11.3 Å². The molecule has 0 atom stereocenters. The predicted octanol–water partition coefficient (Wildman–Crippen LogP) is 4.42. The van der Waals surface area contributed by atoms with Gasteiger partial charge in [0.15, 0.2) is 0 Å². The summed E-state index contributed by atoms with van der Waals surface area (Å²) in [7, 11) is 0. The Kier molecular flexibility index (Phi) is 5.54. The third kappa shape index (κ3) is 3.63. The van der Waals surface area contributed by atoms with Crippen molar-refractivity contribution in [2.75, 3.05) is 37.7 Å². The Morgan fingerprint density at radius 3 is 2.54 bits per heavy atom. The molecule has 0 spiro atoms. The van der Waals surface area contributed by atoms with E-state index in [9.17, 15) is 4.79 Å². The number of carbonyl (C=O) groups excluding carboxylic acids is 1. The molecule has 0 bridgehead atoms. The fourth-order valence-corrected chi connectivity index (χ4v) is 4.25. The molecule has 24 heavy (non-hydrogen) atoms. The number of amides is 1. The molecule has 0 radical (unpaired) electrons. The average Bonchev–Trinajstić information content (AvgIpc) is 2.93. The minimum Gasteiger partial charge on any atom is -0.492 e. The number of halogens is 2. The number of piperazine rings is 1. The highest BCUT2D eigenvalue weighted by Gasteiger charge is 2.26. The third-order valence-electron chi connectivity index (χ3n) is 3.96. The van der Waals surface area contributed by atoms with Gasteiger partial charge in [0.2, 0.25) is 0 Å². The van der Waals surface area contributed by atoms with Gasteiger partial charge < -0.3 is 14.5 Å². The lowest BCUT2D eigenvalue weighted by Gasteiger charge is -2.36. The van der Waals surface area contributed by atoms with Crippen LogP contribution in [0, 0.1) is 0 Å². The van der Waals surface area contributed by atoms with Gasteiger partial charge >= 0.3 is 0 Å². The highest BCUT2D eigenvalue weighted by Crippen LogP contribution is 2.33. The lowest BCUT2D eigenvalue weighted by molar-refractivity contribution is 0.0747. The zero-order valence-corrected chi connectivity index (χ0v) is 15.6. The van der Waals surface area contributed by atoms with Crippen LogP contribution in [-0.4, -0.2) is 43.6 Å². The van der Waals surface area contributed by atoms with Gasteiger partial charge in [-0.2, -0.15) is 0 Å². The zero-order chi connectivity index (χ0) is 17.1. The number of thiophene rings is 1. The maximum Gasteiger partial charge on any atom is 0.256 e. The average molecular weight is 385 g/mol. The SMILES string of the molecule is CCOc1ccccc1N1CCN(C(=O)c2cc(Cl)sc2Cl)CC1. The maximum atomic E-state index is 12.6. The summed E-state index contributed by atoms with van der Waals surface area (Å²) in [6.45, 7) is 5.40. The van der Waals surface area contributed by atoms with E-state index in [4.69, 9.17) is 27.9 Å². The molecule has 4 nitrogen and oxygen atoms in total. The van der Waals surface area contributed by atoms with Gasteiger partial charge in [-0.1, -0.05) is 35.3 Å². The van der Waals surface area contributed by atoms with Crippen LogP contribution in [0.15, 0.2) is 30.3 Å². The van der Waals surface area contributed by atoms with Crippen molar-refractivity contribution in [2.24, 2.45) is 0 Å². The van der Waals surface area contributed by atoms with Crippen LogP contribution in [0.4, 0.5) is 5.69 Å². The number of ether oxygens (including phenoxy) is 1. The van der Waals surface area contributed by atoms with E-state index in [1.54, 1.807) is 6.07 Å².